The number of rotatable bonds is 5. The summed E-state index contributed by atoms with van der Waals surface area (Å²) in [6, 6.07) is 16.1. The molecule has 126 valence electrons. The number of benzene rings is 2. The van der Waals surface area contributed by atoms with E-state index < -0.39 is 0 Å². The Hall–Kier alpha value is -2.82. The second-order valence-corrected chi connectivity index (χ2v) is 5.65. The van der Waals surface area contributed by atoms with Crippen LogP contribution in [-0.2, 0) is 17.9 Å². The van der Waals surface area contributed by atoms with E-state index in [9.17, 15) is 4.79 Å². The van der Waals surface area contributed by atoms with Crippen molar-refractivity contribution in [3.05, 3.63) is 65.2 Å². The Morgan fingerprint density at radius 2 is 1.62 bits per heavy atom. The molecule has 0 heterocycles. The monoisotopic (exact) mass is 324 g/mol. The zero-order chi connectivity index (χ0) is 17.4. The first kappa shape index (κ1) is 17.5. The van der Waals surface area contributed by atoms with Crippen LogP contribution in [0.5, 0.6) is 0 Å². The fraction of sp³-hybridized carbons (Fsp3) is 0.263. The normalized spacial score (nSPS) is 11.0. The first-order chi connectivity index (χ1) is 11.6. The van der Waals surface area contributed by atoms with Gasteiger partial charge < -0.3 is 16.0 Å². The van der Waals surface area contributed by atoms with Crippen molar-refractivity contribution >= 4 is 17.6 Å². The molecule has 0 aliphatic carbocycles. The number of nitrogens with zero attached hydrogens (tertiary/aromatic N) is 1. The Labute approximate surface area is 143 Å². The summed E-state index contributed by atoms with van der Waals surface area (Å²) < 4.78 is 0. The van der Waals surface area contributed by atoms with Crippen LogP contribution >= 0.6 is 0 Å². The van der Waals surface area contributed by atoms with Crippen molar-refractivity contribution in [3.63, 3.8) is 0 Å². The average molecular weight is 324 g/mol. The highest BCUT2D eigenvalue weighted by molar-refractivity contribution is 5.88. The van der Waals surface area contributed by atoms with Gasteiger partial charge in [0.25, 0.3) is 0 Å². The maximum atomic E-state index is 11.1. The minimum absolute atomic E-state index is 0.0734. The number of hydrogen-bond acceptors (Lipinski definition) is 2. The molecular weight excluding hydrogens is 300 g/mol. The topological polar surface area (TPSA) is 65.5 Å². The van der Waals surface area contributed by atoms with Crippen molar-refractivity contribution in [2.45, 2.75) is 26.9 Å². The first-order valence-corrected chi connectivity index (χ1v) is 7.93. The molecule has 0 unspecified atom stereocenters. The molecule has 0 bridgehead atoms. The standard InChI is InChI=1S/C19H24N4O/c1-14-6-4-7-16(10-14)12-21-19(20-3)22-13-17-8-5-9-18(11-17)23-15(2)24/h4-11H,12-13H2,1-3H3,(H,23,24)(H2,20,21,22). The van der Waals surface area contributed by atoms with Gasteiger partial charge in [0.2, 0.25) is 5.91 Å². The molecule has 0 aliphatic rings. The molecule has 2 aromatic carbocycles. The highest BCUT2D eigenvalue weighted by atomic mass is 16.1. The van der Waals surface area contributed by atoms with Crippen LogP contribution in [0.2, 0.25) is 0 Å². The van der Waals surface area contributed by atoms with E-state index in [1.165, 1.54) is 18.1 Å². The molecule has 0 saturated heterocycles. The van der Waals surface area contributed by atoms with E-state index in [1.54, 1.807) is 7.05 Å². The highest BCUT2D eigenvalue weighted by Gasteiger charge is 2.01. The molecule has 0 spiro atoms. The summed E-state index contributed by atoms with van der Waals surface area (Å²) in [5.41, 5.74) is 4.32. The number of carbonyl (C=O) groups excluding carboxylic acids is 1. The van der Waals surface area contributed by atoms with Crippen LogP contribution in [0.15, 0.2) is 53.5 Å². The van der Waals surface area contributed by atoms with Crippen LogP contribution < -0.4 is 16.0 Å². The van der Waals surface area contributed by atoms with Gasteiger partial charge in [0.05, 0.1) is 0 Å². The lowest BCUT2D eigenvalue weighted by molar-refractivity contribution is -0.114. The quantitative estimate of drug-likeness (QED) is 0.585. The molecule has 0 aromatic heterocycles. The number of hydrogen-bond donors (Lipinski definition) is 3. The third-order valence-corrected chi connectivity index (χ3v) is 3.47. The molecule has 24 heavy (non-hydrogen) atoms. The SMILES string of the molecule is CN=C(NCc1cccc(C)c1)NCc1cccc(NC(C)=O)c1. The van der Waals surface area contributed by atoms with E-state index in [-0.39, 0.29) is 5.91 Å². The highest BCUT2D eigenvalue weighted by Crippen LogP contribution is 2.10. The molecule has 0 saturated carbocycles. The Morgan fingerprint density at radius 3 is 2.21 bits per heavy atom. The van der Waals surface area contributed by atoms with E-state index in [1.807, 2.05) is 24.3 Å². The number of aryl methyl sites for hydroxylation is 1. The van der Waals surface area contributed by atoms with Gasteiger partial charge >= 0.3 is 0 Å². The zero-order valence-electron chi connectivity index (χ0n) is 14.4. The summed E-state index contributed by atoms with van der Waals surface area (Å²) in [6.45, 7) is 4.93. The number of guanidine groups is 1. The Morgan fingerprint density at radius 1 is 1.00 bits per heavy atom. The smallest absolute Gasteiger partial charge is 0.221 e. The van der Waals surface area contributed by atoms with Gasteiger partial charge in [-0.1, -0.05) is 42.0 Å². The summed E-state index contributed by atoms with van der Waals surface area (Å²) in [7, 11) is 1.75. The molecule has 3 N–H and O–H groups in total. The van der Waals surface area contributed by atoms with Crippen molar-refractivity contribution in [1.29, 1.82) is 0 Å². The lowest BCUT2D eigenvalue weighted by atomic mass is 10.1. The van der Waals surface area contributed by atoms with Gasteiger partial charge in [0, 0.05) is 32.7 Å². The number of amides is 1. The minimum atomic E-state index is -0.0734. The van der Waals surface area contributed by atoms with Gasteiger partial charge in [0.1, 0.15) is 0 Å². The minimum Gasteiger partial charge on any atom is -0.352 e. The van der Waals surface area contributed by atoms with E-state index in [0.29, 0.717) is 13.1 Å². The van der Waals surface area contributed by atoms with Crippen molar-refractivity contribution in [3.8, 4) is 0 Å². The predicted octanol–water partition coefficient (Wildman–Crippen LogP) is 2.82. The number of anilines is 1. The summed E-state index contributed by atoms with van der Waals surface area (Å²) in [5, 5.41) is 9.36. The summed E-state index contributed by atoms with van der Waals surface area (Å²) >= 11 is 0. The third kappa shape index (κ3) is 5.76. The summed E-state index contributed by atoms with van der Waals surface area (Å²) in [6.07, 6.45) is 0. The molecule has 0 aliphatic heterocycles. The largest absolute Gasteiger partial charge is 0.352 e. The molecule has 2 aromatic rings. The number of carbonyl (C=O) groups is 1. The average Bonchev–Trinajstić information content (AvgIpc) is 2.55. The van der Waals surface area contributed by atoms with E-state index in [0.717, 1.165) is 17.2 Å². The van der Waals surface area contributed by atoms with Gasteiger partial charge in [-0.15, -0.1) is 0 Å². The summed E-state index contributed by atoms with van der Waals surface area (Å²) in [4.78, 5) is 15.4. The van der Waals surface area contributed by atoms with Crippen LogP contribution in [0.4, 0.5) is 5.69 Å². The molecular formula is C19H24N4O. The number of nitrogens with one attached hydrogen (secondary N) is 3. The van der Waals surface area contributed by atoms with Crippen molar-refractivity contribution < 1.29 is 4.79 Å². The van der Waals surface area contributed by atoms with Gasteiger partial charge in [-0.05, 0) is 30.2 Å². The van der Waals surface area contributed by atoms with Crippen LogP contribution in [-0.4, -0.2) is 18.9 Å². The third-order valence-electron chi connectivity index (χ3n) is 3.47. The van der Waals surface area contributed by atoms with Gasteiger partial charge in [-0.2, -0.15) is 0 Å². The second kappa shape index (κ2) is 8.72. The van der Waals surface area contributed by atoms with Gasteiger partial charge in [0.15, 0.2) is 5.96 Å². The second-order valence-electron chi connectivity index (χ2n) is 5.65. The Bertz CT molecular complexity index is 725. The molecule has 1 amide bonds. The van der Waals surface area contributed by atoms with Crippen molar-refractivity contribution in [2.75, 3.05) is 12.4 Å². The maximum absolute atomic E-state index is 11.1. The summed E-state index contributed by atoms with van der Waals surface area (Å²) in [5.74, 6) is 0.664. The van der Waals surface area contributed by atoms with Gasteiger partial charge in [-0.3, -0.25) is 9.79 Å². The molecule has 0 atom stereocenters. The lowest BCUT2D eigenvalue weighted by Gasteiger charge is -2.13. The van der Waals surface area contributed by atoms with Crippen molar-refractivity contribution in [2.24, 2.45) is 4.99 Å². The molecule has 5 heteroatoms. The van der Waals surface area contributed by atoms with E-state index >= 15 is 0 Å². The Balaban J connectivity index is 1.88. The number of aliphatic imine (C=N–C) groups is 1. The maximum Gasteiger partial charge on any atom is 0.221 e. The molecule has 5 nitrogen and oxygen atoms in total. The van der Waals surface area contributed by atoms with Crippen LogP contribution in [0.3, 0.4) is 0 Å². The predicted molar refractivity (Wildman–Crippen MR) is 99.0 cm³/mol. The molecule has 0 fully saturated rings. The molecule has 0 radical (unpaired) electrons. The van der Waals surface area contributed by atoms with Crippen LogP contribution in [0, 0.1) is 6.92 Å². The lowest BCUT2D eigenvalue weighted by Crippen LogP contribution is -2.36. The van der Waals surface area contributed by atoms with Crippen LogP contribution in [0.1, 0.15) is 23.6 Å². The first-order valence-electron chi connectivity index (χ1n) is 7.93. The van der Waals surface area contributed by atoms with E-state index in [4.69, 9.17) is 0 Å². The van der Waals surface area contributed by atoms with Crippen LogP contribution in [0.25, 0.3) is 0 Å². The van der Waals surface area contributed by atoms with Gasteiger partial charge in [-0.25, -0.2) is 0 Å². The molecule has 2 rings (SSSR count). The fourth-order valence-corrected chi connectivity index (χ4v) is 2.38. The fourth-order valence-electron chi connectivity index (χ4n) is 2.38. The van der Waals surface area contributed by atoms with Crippen molar-refractivity contribution in [1.82, 2.24) is 10.6 Å². The zero-order valence-corrected chi connectivity index (χ0v) is 14.4. The Kier molecular flexibility index (Phi) is 6.37. The van der Waals surface area contributed by atoms with E-state index in [2.05, 4.69) is 52.1 Å².